The van der Waals surface area contributed by atoms with Crippen molar-refractivity contribution >= 4 is 17.5 Å². The molecule has 1 unspecified atom stereocenters. The maximum atomic E-state index is 11.8. The van der Waals surface area contributed by atoms with E-state index in [4.69, 9.17) is 27.5 Å². The van der Waals surface area contributed by atoms with Crippen molar-refractivity contribution in [1.29, 1.82) is 0 Å². The predicted octanol–water partition coefficient (Wildman–Crippen LogP) is 6.62. The standard InChI is InChI=1S/C17H27NO2.C13H17ClN2O2.C13H17N/c1-18(2)13-16(17(19)11-5-4-6-12-17)14-7-9-15(20-3)10-8-14;14-12-3-1-11(2-4-12)13(17)15-5-6-16-7-9-18-10-8-16;1-4-10-14(3)12(2)11-13-8-6-5-7-9-13/h7-10,16,19H,4-6,11-13H2,1-3H3;1-4H,5-10H2,(H,15,17);1,5-9,12H,10-11H2,2-3H3/t;;12-/m..1/s1. The first-order valence-corrected chi connectivity index (χ1v) is 18.9. The summed E-state index contributed by atoms with van der Waals surface area (Å²) in [5.74, 6) is 3.64. The summed E-state index contributed by atoms with van der Waals surface area (Å²) in [5, 5.41) is 14.6. The van der Waals surface area contributed by atoms with E-state index >= 15 is 0 Å². The quantitative estimate of drug-likeness (QED) is 0.192. The van der Waals surface area contributed by atoms with E-state index < -0.39 is 5.60 Å². The second-order valence-electron chi connectivity index (χ2n) is 14.1. The fourth-order valence-electron chi connectivity index (χ4n) is 6.57. The smallest absolute Gasteiger partial charge is 0.251 e. The van der Waals surface area contributed by atoms with E-state index in [1.807, 2.05) is 18.2 Å². The van der Waals surface area contributed by atoms with E-state index in [-0.39, 0.29) is 11.8 Å². The number of amides is 1. The van der Waals surface area contributed by atoms with Crippen LogP contribution in [0.2, 0.25) is 5.02 Å². The van der Waals surface area contributed by atoms with Crippen molar-refractivity contribution in [1.82, 2.24) is 20.0 Å². The van der Waals surface area contributed by atoms with Crippen LogP contribution in [0.15, 0.2) is 78.9 Å². The molecule has 3 aromatic rings. The van der Waals surface area contributed by atoms with Gasteiger partial charge in [-0.2, -0.15) is 0 Å². The normalized spacial score (nSPS) is 16.7. The van der Waals surface area contributed by atoms with Crippen LogP contribution in [0.4, 0.5) is 0 Å². The molecule has 0 spiro atoms. The molecule has 0 aromatic heterocycles. The van der Waals surface area contributed by atoms with Crippen LogP contribution in [-0.2, 0) is 11.2 Å². The maximum absolute atomic E-state index is 11.8. The monoisotopic (exact) mass is 732 g/mol. The fourth-order valence-corrected chi connectivity index (χ4v) is 6.69. The number of hydrogen-bond donors (Lipinski definition) is 2. The number of carbonyl (C=O) groups is 1. The maximum Gasteiger partial charge on any atom is 0.251 e. The van der Waals surface area contributed by atoms with Gasteiger partial charge in [0, 0.05) is 55.3 Å². The number of aliphatic hydroxyl groups is 1. The van der Waals surface area contributed by atoms with Crippen molar-refractivity contribution in [2.24, 2.45) is 0 Å². The highest BCUT2D eigenvalue weighted by molar-refractivity contribution is 6.30. The van der Waals surface area contributed by atoms with E-state index in [1.54, 1.807) is 31.4 Å². The van der Waals surface area contributed by atoms with Crippen LogP contribution < -0.4 is 10.1 Å². The molecule has 1 heterocycles. The number of ether oxygens (including phenoxy) is 2. The SMILES string of the molecule is C#CCN(C)[C@H](C)Cc1ccccc1.COc1ccc(C(CN(C)C)C2(O)CCCCC2)cc1.O=C(NCCN1CCOCC1)c1ccc(Cl)cc1. The third-order valence-corrected chi connectivity index (χ3v) is 10.1. The minimum atomic E-state index is -0.558. The lowest BCUT2D eigenvalue weighted by atomic mass is 9.72. The predicted molar refractivity (Wildman–Crippen MR) is 214 cm³/mol. The Morgan fingerprint density at radius 2 is 1.63 bits per heavy atom. The molecule has 3 aromatic carbocycles. The van der Waals surface area contributed by atoms with Gasteiger partial charge in [-0.05, 0) is 94.9 Å². The molecule has 52 heavy (non-hydrogen) atoms. The zero-order valence-electron chi connectivity index (χ0n) is 32.0. The summed E-state index contributed by atoms with van der Waals surface area (Å²) in [5.41, 5.74) is 2.66. The van der Waals surface area contributed by atoms with Crippen LogP contribution >= 0.6 is 11.6 Å². The molecule has 2 aliphatic rings. The van der Waals surface area contributed by atoms with Crippen LogP contribution in [0, 0.1) is 12.3 Å². The van der Waals surface area contributed by atoms with Gasteiger partial charge in [-0.3, -0.25) is 14.6 Å². The van der Waals surface area contributed by atoms with Gasteiger partial charge in [0.2, 0.25) is 0 Å². The molecular formula is C43H61ClN4O4. The molecule has 2 atom stereocenters. The second-order valence-corrected chi connectivity index (χ2v) is 14.6. The molecule has 284 valence electrons. The Morgan fingerprint density at radius 3 is 2.21 bits per heavy atom. The van der Waals surface area contributed by atoms with Crippen molar-refractivity contribution in [3.63, 3.8) is 0 Å². The number of halogens is 1. The lowest BCUT2D eigenvalue weighted by Crippen LogP contribution is -2.42. The summed E-state index contributed by atoms with van der Waals surface area (Å²) in [6.45, 7) is 8.76. The third-order valence-electron chi connectivity index (χ3n) is 9.82. The van der Waals surface area contributed by atoms with E-state index in [0.29, 0.717) is 29.7 Å². The molecule has 0 bridgehead atoms. The molecule has 0 radical (unpaired) electrons. The number of benzene rings is 3. The Morgan fingerprint density at radius 1 is 1.00 bits per heavy atom. The Labute approximate surface area is 318 Å². The van der Waals surface area contributed by atoms with Gasteiger partial charge < -0.3 is 24.8 Å². The van der Waals surface area contributed by atoms with Gasteiger partial charge in [0.05, 0.1) is 32.5 Å². The minimum absolute atomic E-state index is 0.0556. The van der Waals surface area contributed by atoms with Gasteiger partial charge in [-0.25, -0.2) is 0 Å². The summed E-state index contributed by atoms with van der Waals surface area (Å²) < 4.78 is 10.5. The first-order chi connectivity index (χ1) is 25.0. The zero-order chi connectivity index (χ0) is 37.8. The van der Waals surface area contributed by atoms with Crippen LogP contribution in [-0.4, -0.2) is 118 Å². The third kappa shape index (κ3) is 15.3. The van der Waals surface area contributed by atoms with E-state index in [1.165, 1.54) is 17.5 Å². The summed E-state index contributed by atoms with van der Waals surface area (Å²) in [4.78, 5) is 18.4. The number of morpholine rings is 1. The molecule has 8 nitrogen and oxygen atoms in total. The highest BCUT2D eigenvalue weighted by Crippen LogP contribution is 2.40. The average molecular weight is 733 g/mol. The molecule has 1 aliphatic carbocycles. The van der Waals surface area contributed by atoms with Gasteiger partial charge in [-0.15, -0.1) is 6.42 Å². The van der Waals surface area contributed by atoms with E-state index in [2.05, 4.69) is 90.4 Å². The first-order valence-electron chi connectivity index (χ1n) is 18.6. The van der Waals surface area contributed by atoms with Gasteiger partial charge in [-0.1, -0.05) is 79.2 Å². The minimum Gasteiger partial charge on any atom is -0.497 e. The van der Waals surface area contributed by atoms with Crippen molar-refractivity contribution in [3.8, 4) is 18.1 Å². The molecular weight excluding hydrogens is 672 g/mol. The topological polar surface area (TPSA) is 77.5 Å². The van der Waals surface area contributed by atoms with E-state index in [9.17, 15) is 9.90 Å². The van der Waals surface area contributed by atoms with Crippen molar-refractivity contribution < 1.29 is 19.4 Å². The van der Waals surface area contributed by atoms with Gasteiger partial charge in [0.25, 0.3) is 5.91 Å². The zero-order valence-corrected chi connectivity index (χ0v) is 32.8. The van der Waals surface area contributed by atoms with Crippen LogP contribution in [0.3, 0.4) is 0 Å². The Kier molecular flexibility index (Phi) is 19.3. The molecule has 1 saturated heterocycles. The number of nitrogens with one attached hydrogen (secondary N) is 1. The van der Waals surface area contributed by atoms with Gasteiger partial charge in [0.1, 0.15) is 5.75 Å². The Bertz CT molecular complexity index is 1450. The van der Waals surface area contributed by atoms with E-state index in [0.717, 1.165) is 77.2 Å². The van der Waals surface area contributed by atoms with Crippen molar-refractivity contribution in [2.75, 3.05) is 80.7 Å². The average Bonchev–Trinajstić information content (AvgIpc) is 3.16. The second kappa shape index (κ2) is 23.3. The summed E-state index contributed by atoms with van der Waals surface area (Å²) in [7, 11) is 7.89. The van der Waals surface area contributed by atoms with Crippen LogP contribution in [0.5, 0.6) is 5.75 Å². The van der Waals surface area contributed by atoms with Crippen molar-refractivity contribution in [2.45, 2.75) is 63.0 Å². The number of hydrogen-bond acceptors (Lipinski definition) is 7. The van der Waals surface area contributed by atoms with Crippen LogP contribution in [0.1, 0.15) is 66.4 Å². The molecule has 9 heteroatoms. The lowest BCUT2D eigenvalue weighted by Gasteiger charge is -2.40. The van der Waals surface area contributed by atoms with Gasteiger partial charge in [0.15, 0.2) is 0 Å². The largest absolute Gasteiger partial charge is 0.497 e. The molecule has 5 rings (SSSR count). The Balaban J connectivity index is 0.000000214. The first kappa shape index (κ1) is 43.0. The fraction of sp³-hybridized carbons (Fsp3) is 0.512. The number of carbonyl (C=O) groups excluding carboxylic acids is 1. The van der Waals surface area contributed by atoms with Crippen LogP contribution in [0.25, 0.3) is 0 Å². The highest BCUT2D eigenvalue weighted by atomic mass is 35.5. The lowest BCUT2D eigenvalue weighted by molar-refractivity contribution is -0.0277. The summed E-state index contributed by atoms with van der Waals surface area (Å²) in [6.07, 6.45) is 11.7. The molecule has 1 saturated carbocycles. The van der Waals surface area contributed by atoms with Gasteiger partial charge >= 0.3 is 0 Å². The number of likely N-dealkylation sites (N-methyl/N-ethyl adjacent to an activating group) is 2. The number of rotatable bonds is 13. The molecule has 2 N–H and O–H groups in total. The van der Waals surface area contributed by atoms with Crippen molar-refractivity contribution in [3.05, 3.63) is 101 Å². The Hall–Kier alpha value is -3.42. The number of methoxy groups -OCH3 is 1. The number of nitrogens with zero attached hydrogens (tertiary/aromatic N) is 3. The summed E-state index contributed by atoms with van der Waals surface area (Å²) in [6, 6.07) is 26.1. The summed E-state index contributed by atoms with van der Waals surface area (Å²) >= 11 is 5.77. The molecule has 1 amide bonds. The number of terminal acetylenes is 1. The molecule has 1 aliphatic heterocycles. The highest BCUT2D eigenvalue weighted by Gasteiger charge is 2.38. The molecule has 2 fully saturated rings.